The van der Waals surface area contributed by atoms with Gasteiger partial charge in [-0.05, 0) is 40.2 Å². The van der Waals surface area contributed by atoms with Crippen molar-refractivity contribution in [2.24, 2.45) is 0 Å². The summed E-state index contributed by atoms with van der Waals surface area (Å²) in [5, 5.41) is 2.87. The standard InChI is InChI=1S/C13H8BrClF2N2O/c14-8-2-1-6(15)3-12(8)19-13(20)7-4-11(18)10(17)5-9(7)16/h1-5H,18H2,(H,19,20). The SMILES string of the molecule is Nc1cc(C(=O)Nc2cc(Cl)ccc2Br)c(F)cc1F. The number of hydrogen-bond acceptors (Lipinski definition) is 2. The first kappa shape index (κ1) is 14.7. The largest absolute Gasteiger partial charge is 0.396 e. The average Bonchev–Trinajstić information content (AvgIpc) is 2.38. The Morgan fingerprint density at radius 1 is 1.20 bits per heavy atom. The number of halogens is 4. The van der Waals surface area contributed by atoms with Crippen LogP contribution < -0.4 is 11.1 Å². The molecule has 0 saturated carbocycles. The van der Waals surface area contributed by atoms with Crippen LogP contribution in [0.3, 0.4) is 0 Å². The van der Waals surface area contributed by atoms with E-state index in [9.17, 15) is 13.6 Å². The quantitative estimate of drug-likeness (QED) is 0.787. The second kappa shape index (κ2) is 5.76. The Kier molecular flexibility index (Phi) is 4.25. The van der Waals surface area contributed by atoms with Crippen LogP contribution in [0.2, 0.25) is 5.02 Å². The van der Waals surface area contributed by atoms with Crippen LogP contribution in [-0.4, -0.2) is 5.91 Å². The first-order valence-corrected chi connectivity index (χ1v) is 6.56. The minimum atomic E-state index is -0.993. The molecular weight excluding hydrogens is 354 g/mol. The van der Waals surface area contributed by atoms with Crippen LogP contribution in [0.15, 0.2) is 34.8 Å². The van der Waals surface area contributed by atoms with Gasteiger partial charge in [0.05, 0.1) is 16.9 Å². The minimum absolute atomic E-state index is 0.304. The predicted molar refractivity (Wildman–Crippen MR) is 77.9 cm³/mol. The van der Waals surface area contributed by atoms with Gasteiger partial charge in [-0.1, -0.05) is 11.6 Å². The Balaban J connectivity index is 2.33. The Morgan fingerprint density at radius 2 is 1.90 bits per heavy atom. The Hall–Kier alpha value is -1.66. The van der Waals surface area contributed by atoms with Gasteiger partial charge in [0.15, 0.2) is 0 Å². The maximum atomic E-state index is 13.6. The van der Waals surface area contributed by atoms with E-state index in [1.54, 1.807) is 12.1 Å². The molecule has 0 radical (unpaired) electrons. The summed E-state index contributed by atoms with van der Waals surface area (Å²) in [7, 11) is 0. The fourth-order valence-electron chi connectivity index (χ4n) is 1.52. The number of carbonyl (C=O) groups is 1. The highest BCUT2D eigenvalue weighted by Crippen LogP contribution is 2.27. The zero-order valence-corrected chi connectivity index (χ0v) is 12.2. The molecule has 104 valence electrons. The molecule has 20 heavy (non-hydrogen) atoms. The molecule has 0 unspecified atom stereocenters. The molecular formula is C13H8BrClF2N2O. The van der Waals surface area contributed by atoms with Crippen molar-refractivity contribution in [1.29, 1.82) is 0 Å². The van der Waals surface area contributed by atoms with E-state index in [0.717, 1.165) is 6.07 Å². The summed E-state index contributed by atoms with van der Waals surface area (Å²) in [6, 6.07) is 6.26. The second-order valence-corrected chi connectivity index (χ2v) is 5.22. The zero-order chi connectivity index (χ0) is 14.9. The lowest BCUT2D eigenvalue weighted by atomic mass is 10.1. The average molecular weight is 362 g/mol. The van der Waals surface area contributed by atoms with E-state index in [1.165, 1.54) is 6.07 Å². The molecule has 0 heterocycles. The molecule has 3 N–H and O–H groups in total. The van der Waals surface area contributed by atoms with E-state index in [2.05, 4.69) is 21.2 Å². The number of amides is 1. The number of nitrogen functional groups attached to an aromatic ring is 1. The van der Waals surface area contributed by atoms with Gasteiger partial charge in [-0.25, -0.2) is 8.78 Å². The summed E-state index contributed by atoms with van der Waals surface area (Å²) in [6.07, 6.45) is 0. The third kappa shape index (κ3) is 3.08. The van der Waals surface area contributed by atoms with E-state index in [0.29, 0.717) is 21.2 Å². The molecule has 0 aliphatic rings. The van der Waals surface area contributed by atoms with Crippen molar-refractivity contribution in [3.63, 3.8) is 0 Å². The third-order valence-corrected chi connectivity index (χ3v) is 3.43. The van der Waals surface area contributed by atoms with Crippen molar-refractivity contribution < 1.29 is 13.6 Å². The van der Waals surface area contributed by atoms with E-state index < -0.39 is 17.5 Å². The molecule has 2 aromatic rings. The fourth-order valence-corrected chi connectivity index (χ4v) is 2.04. The number of nitrogens with one attached hydrogen (secondary N) is 1. The molecule has 3 nitrogen and oxygen atoms in total. The summed E-state index contributed by atoms with van der Waals surface area (Å²) in [5.41, 5.74) is 5.03. The Morgan fingerprint density at radius 3 is 2.60 bits per heavy atom. The van der Waals surface area contributed by atoms with Gasteiger partial charge >= 0.3 is 0 Å². The summed E-state index contributed by atoms with van der Waals surface area (Å²) < 4.78 is 27.2. The van der Waals surface area contributed by atoms with Crippen molar-refractivity contribution in [2.45, 2.75) is 0 Å². The Labute approximate surface area is 126 Å². The smallest absolute Gasteiger partial charge is 0.258 e. The first-order chi connectivity index (χ1) is 9.38. The number of hydrogen-bond donors (Lipinski definition) is 2. The zero-order valence-electron chi connectivity index (χ0n) is 9.88. The van der Waals surface area contributed by atoms with Gasteiger partial charge in [0, 0.05) is 15.6 Å². The molecule has 0 aliphatic heterocycles. The van der Waals surface area contributed by atoms with E-state index in [4.69, 9.17) is 17.3 Å². The van der Waals surface area contributed by atoms with Crippen LogP contribution in [0.25, 0.3) is 0 Å². The number of nitrogens with two attached hydrogens (primary N) is 1. The number of rotatable bonds is 2. The Bertz CT molecular complexity index is 694. The third-order valence-electron chi connectivity index (χ3n) is 2.51. The molecule has 2 aromatic carbocycles. The number of anilines is 2. The van der Waals surface area contributed by atoms with Gasteiger partial charge in [0.2, 0.25) is 0 Å². The van der Waals surface area contributed by atoms with Gasteiger partial charge in [0.1, 0.15) is 11.6 Å². The number of carbonyl (C=O) groups excluding carboxylic acids is 1. The maximum Gasteiger partial charge on any atom is 0.258 e. The molecule has 7 heteroatoms. The van der Waals surface area contributed by atoms with Crippen molar-refractivity contribution >= 4 is 44.8 Å². The lowest BCUT2D eigenvalue weighted by Gasteiger charge is -2.09. The van der Waals surface area contributed by atoms with Gasteiger partial charge in [-0.2, -0.15) is 0 Å². The van der Waals surface area contributed by atoms with Crippen molar-refractivity contribution in [2.75, 3.05) is 11.1 Å². The summed E-state index contributed by atoms with van der Waals surface area (Å²) in [4.78, 5) is 12.0. The van der Waals surface area contributed by atoms with Crippen molar-refractivity contribution in [3.05, 3.63) is 57.0 Å². The molecule has 0 spiro atoms. The minimum Gasteiger partial charge on any atom is -0.396 e. The molecule has 0 aliphatic carbocycles. The summed E-state index contributed by atoms with van der Waals surface area (Å²) in [5.74, 6) is -2.66. The fraction of sp³-hybridized carbons (Fsp3) is 0. The second-order valence-electron chi connectivity index (χ2n) is 3.93. The summed E-state index contributed by atoms with van der Waals surface area (Å²) in [6.45, 7) is 0. The first-order valence-electron chi connectivity index (χ1n) is 5.39. The van der Waals surface area contributed by atoms with Crippen LogP contribution in [0.4, 0.5) is 20.2 Å². The van der Waals surface area contributed by atoms with Crippen molar-refractivity contribution in [3.8, 4) is 0 Å². The van der Waals surface area contributed by atoms with Gasteiger partial charge in [0.25, 0.3) is 5.91 Å². The summed E-state index contributed by atoms with van der Waals surface area (Å²) >= 11 is 9.03. The van der Waals surface area contributed by atoms with Gasteiger partial charge in [-0.3, -0.25) is 4.79 Å². The normalized spacial score (nSPS) is 10.4. The lowest BCUT2D eigenvalue weighted by molar-refractivity contribution is 0.102. The van der Waals surface area contributed by atoms with Crippen LogP contribution in [0, 0.1) is 11.6 Å². The molecule has 0 atom stereocenters. The molecule has 0 aromatic heterocycles. The van der Waals surface area contributed by atoms with Crippen molar-refractivity contribution in [1.82, 2.24) is 0 Å². The van der Waals surface area contributed by atoms with E-state index >= 15 is 0 Å². The monoisotopic (exact) mass is 360 g/mol. The van der Waals surface area contributed by atoms with Crippen LogP contribution >= 0.6 is 27.5 Å². The highest BCUT2D eigenvalue weighted by atomic mass is 79.9. The maximum absolute atomic E-state index is 13.6. The van der Waals surface area contributed by atoms with Gasteiger partial charge in [-0.15, -0.1) is 0 Å². The molecule has 1 amide bonds. The lowest BCUT2D eigenvalue weighted by Crippen LogP contribution is -2.15. The molecule has 0 bridgehead atoms. The van der Waals surface area contributed by atoms with E-state index in [-0.39, 0.29) is 11.3 Å². The van der Waals surface area contributed by atoms with Crippen LogP contribution in [0.5, 0.6) is 0 Å². The predicted octanol–water partition coefficient (Wildman–Crippen LogP) is 4.22. The van der Waals surface area contributed by atoms with Gasteiger partial charge < -0.3 is 11.1 Å². The highest BCUT2D eigenvalue weighted by Gasteiger charge is 2.16. The number of benzene rings is 2. The van der Waals surface area contributed by atoms with E-state index in [1.807, 2.05) is 0 Å². The van der Waals surface area contributed by atoms with Crippen LogP contribution in [0.1, 0.15) is 10.4 Å². The van der Waals surface area contributed by atoms with Crippen LogP contribution in [-0.2, 0) is 0 Å². The molecule has 0 fully saturated rings. The molecule has 0 saturated heterocycles. The highest BCUT2D eigenvalue weighted by molar-refractivity contribution is 9.10. The topological polar surface area (TPSA) is 55.1 Å². The molecule has 2 rings (SSSR count).